The summed E-state index contributed by atoms with van der Waals surface area (Å²) in [6, 6.07) is 3.65. The molecule has 2 atom stereocenters. The van der Waals surface area contributed by atoms with Crippen molar-refractivity contribution in [2.24, 2.45) is 5.92 Å². The first-order valence-corrected chi connectivity index (χ1v) is 6.14. The molecule has 1 N–H and O–H groups in total. The second kappa shape index (κ2) is 5.87. The highest BCUT2D eigenvalue weighted by Crippen LogP contribution is 2.26. The molecule has 0 radical (unpaired) electrons. The van der Waals surface area contributed by atoms with E-state index in [1.165, 1.54) is 0 Å². The molecular formula is C13H18O4. The van der Waals surface area contributed by atoms with E-state index in [0.29, 0.717) is 6.61 Å². The molecule has 1 heterocycles. The zero-order valence-corrected chi connectivity index (χ0v) is 9.80. The van der Waals surface area contributed by atoms with E-state index in [4.69, 9.17) is 9.15 Å². The van der Waals surface area contributed by atoms with Crippen molar-refractivity contribution >= 4 is 5.97 Å². The van der Waals surface area contributed by atoms with Crippen LogP contribution in [0, 0.1) is 5.92 Å². The molecule has 4 nitrogen and oxygen atoms in total. The fraction of sp³-hybridized carbons (Fsp3) is 0.615. The van der Waals surface area contributed by atoms with E-state index in [2.05, 4.69) is 0 Å². The summed E-state index contributed by atoms with van der Waals surface area (Å²) in [5, 5.41) is 9.19. The zero-order valence-electron chi connectivity index (χ0n) is 9.80. The van der Waals surface area contributed by atoms with Crippen molar-refractivity contribution in [3.05, 3.63) is 24.2 Å². The minimum absolute atomic E-state index is 0.180. The average molecular weight is 238 g/mol. The highest BCUT2D eigenvalue weighted by molar-refractivity contribution is 5.70. The van der Waals surface area contributed by atoms with E-state index in [1.54, 1.807) is 12.3 Å². The lowest BCUT2D eigenvalue weighted by Crippen LogP contribution is -2.29. The molecule has 0 aliphatic heterocycles. The van der Waals surface area contributed by atoms with Gasteiger partial charge in [0.2, 0.25) is 0 Å². The second-order valence-electron chi connectivity index (χ2n) is 4.51. The van der Waals surface area contributed by atoms with Crippen molar-refractivity contribution < 1.29 is 19.1 Å². The number of carboxylic acids is 1. The minimum Gasteiger partial charge on any atom is -0.481 e. The molecule has 4 heteroatoms. The van der Waals surface area contributed by atoms with Crippen LogP contribution < -0.4 is 0 Å². The molecular weight excluding hydrogens is 220 g/mol. The van der Waals surface area contributed by atoms with Crippen LogP contribution >= 0.6 is 0 Å². The van der Waals surface area contributed by atoms with Gasteiger partial charge >= 0.3 is 5.97 Å². The van der Waals surface area contributed by atoms with Crippen LogP contribution in [0.5, 0.6) is 0 Å². The second-order valence-corrected chi connectivity index (χ2v) is 4.51. The summed E-state index contributed by atoms with van der Waals surface area (Å²) in [4.78, 5) is 11.2. The fourth-order valence-electron chi connectivity index (χ4n) is 2.34. The summed E-state index contributed by atoms with van der Waals surface area (Å²) < 4.78 is 10.9. The van der Waals surface area contributed by atoms with Crippen molar-refractivity contribution in [1.29, 1.82) is 0 Å². The largest absolute Gasteiger partial charge is 0.481 e. The highest BCUT2D eigenvalue weighted by atomic mass is 16.5. The molecule has 1 aromatic rings. The number of carboxylic acid groups (broad SMARTS) is 1. The van der Waals surface area contributed by atoms with Crippen LogP contribution in [0.1, 0.15) is 37.9 Å². The van der Waals surface area contributed by atoms with E-state index < -0.39 is 5.97 Å². The SMILES string of the molecule is O=C(O)C1CCCCCC1OCc1ccco1. The summed E-state index contributed by atoms with van der Waals surface area (Å²) in [6.07, 6.45) is 6.10. The Balaban J connectivity index is 1.93. The molecule has 2 rings (SSSR count). The molecule has 0 spiro atoms. The zero-order chi connectivity index (χ0) is 12.1. The minimum atomic E-state index is -0.739. The van der Waals surface area contributed by atoms with Gasteiger partial charge in [0.15, 0.2) is 0 Å². The molecule has 2 unspecified atom stereocenters. The van der Waals surface area contributed by atoms with Gasteiger partial charge in [0.25, 0.3) is 0 Å². The van der Waals surface area contributed by atoms with Crippen molar-refractivity contribution in [1.82, 2.24) is 0 Å². The van der Waals surface area contributed by atoms with Crippen LogP contribution in [0.4, 0.5) is 0 Å². The van der Waals surface area contributed by atoms with E-state index in [0.717, 1.165) is 37.9 Å². The standard InChI is InChI=1S/C13H18O4/c14-13(15)11-6-2-1-3-7-12(11)17-9-10-5-4-8-16-10/h4-5,8,11-12H,1-3,6-7,9H2,(H,14,15). The maximum absolute atomic E-state index is 11.2. The van der Waals surface area contributed by atoms with Crippen molar-refractivity contribution in [3.63, 3.8) is 0 Å². The van der Waals surface area contributed by atoms with Gasteiger partial charge in [-0.1, -0.05) is 19.3 Å². The number of hydrogen-bond donors (Lipinski definition) is 1. The van der Waals surface area contributed by atoms with Gasteiger partial charge < -0.3 is 14.3 Å². The van der Waals surface area contributed by atoms with Gasteiger partial charge in [0, 0.05) is 0 Å². The molecule has 1 aromatic heterocycles. The van der Waals surface area contributed by atoms with E-state index in [1.807, 2.05) is 6.07 Å². The first kappa shape index (κ1) is 12.2. The fourth-order valence-corrected chi connectivity index (χ4v) is 2.34. The quantitative estimate of drug-likeness (QED) is 0.819. The molecule has 1 fully saturated rings. The maximum atomic E-state index is 11.2. The van der Waals surface area contributed by atoms with Gasteiger partial charge in [-0.3, -0.25) is 4.79 Å². The molecule has 1 aliphatic carbocycles. The Kier molecular flexibility index (Phi) is 4.20. The number of aliphatic carboxylic acids is 1. The van der Waals surface area contributed by atoms with Crippen LogP contribution in [-0.4, -0.2) is 17.2 Å². The highest BCUT2D eigenvalue weighted by Gasteiger charge is 2.30. The summed E-state index contributed by atoms with van der Waals surface area (Å²) in [6.45, 7) is 0.363. The van der Waals surface area contributed by atoms with E-state index >= 15 is 0 Å². The molecule has 1 aliphatic rings. The predicted octanol–water partition coefficient (Wildman–Crippen LogP) is 2.83. The van der Waals surface area contributed by atoms with Crippen LogP contribution in [-0.2, 0) is 16.1 Å². The van der Waals surface area contributed by atoms with Crippen LogP contribution in [0.15, 0.2) is 22.8 Å². The number of ether oxygens (including phenoxy) is 1. The predicted molar refractivity (Wildman–Crippen MR) is 61.5 cm³/mol. The van der Waals surface area contributed by atoms with E-state index in [9.17, 15) is 9.90 Å². The van der Waals surface area contributed by atoms with Crippen molar-refractivity contribution in [2.45, 2.75) is 44.8 Å². The van der Waals surface area contributed by atoms with Gasteiger partial charge in [-0.2, -0.15) is 0 Å². The molecule has 17 heavy (non-hydrogen) atoms. The van der Waals surface area contributed by atoms with Crippen LogP contribution in [0.2, 0.25) is 0 Å². The Hall–Kier alpha value is -1.29. The lowest BCUT2D eigenvalue weighted by atomic mass is 9.97. The Morgan fingerprint density at radius 2 is 2.24 bits per heavy atom. The van der Waals surface area contributed by atoms with Gasteiger partial charge in [0.1, 0.15) is 12.4 Å². The summed E-state index contributed by atoms with van der Waals surface area (Å²) in [7, 11) is 0. The summed E-state index contributed by atoms with van der Waals surface area (Å²) in [5.74, 6) is -0.359. The average Bonchev–Trinajstić information content (AvgIpc) is 2.70. The maximum Gasteiger partial charge on any atom is 0.309 e. The number of carbonyl (C=O) groups is 1. The summed E-state index contributed by atoms with van der Waals surface area (Å²) >= 11 is 0. The normalized spacial score (nSPS) is 25.4. The first-order valence-electron chi connectivity index (χ1n) is 6.14. The summed E-state index contributed by atoms with van der Waals surface area (Å²) in [5.41, 5.74) is 0. The lowest BCUT2D eigenvalue weighted by Gasteiger charge is -2.21. The first-order chi connectivity index (χ1) is 8.27. The molecule has 1 saturated carbocycles. The number of hydrogen-bond acceptors (Lipinski definition) is 3. The third kappa shape index (κ3) is 3.33. The molecule has 0 amide bonds. The number of rotatable bonds is 4. The molecule has 0 saturated heterocycles. The monoisotopic (exact) mass is 238 g/mol. The van der Waals surface area contributed by atoms with Gasteiger partial charge in [0.05, 0.1) is 18.3 Å². The van der Waals surface area contributed by atoms with Crippen molar-refractivity contribution in [3.8, 4) is 0 Å². The Bertz CT molecular complexity index is 344. The Morgan fingerprint density at radius 3 is 2.94 bits per heavy atom. The lowest BCUT2D eigenvalue weighted by molar-refractivity contribution is -0.148. The van der Waals surface area contributed by atoms with Crippen LogP contribution in [0.3, 0.4) is 0 Å². The third-order valence-corrected chi connectivity index (χ3v) is 3.29. The smallest absolute Gasteiger partial charge is 0.309 e. The molecule has 0 aromatic carbocycles. The van der Waals surface area contributed by atoms with Gasteiger partial charge in [-0.15, -0.1) is 0 Å². The molecule has 94 valence electrons. The van der Waals surface area contributed by atoms with Gasteiger partial charge in [-0.25, -0.2) is 0 Å². The third-order valence-electron chi connectivity index (χ3n) is 3.29. The van der Waals surface area contributed by atoms with Crippen molar-refractivity contribution in [2.75, 3.05) is 0 Å². The van der Waals surface area contributed by atoms with E-state index in [-0.39, 0.29) is 12.0 Å². The van der Waals surface area contributed by atoms with Crippen LogP contribution in [0.25, 0.3) is 0 Å². The molecule has 0 bridgehead atoms. The Morgan fingerprint density at radius 1 is 1.41 bits per heavy atom. The van der Waals surface area contributed by atoms with Gasteiger partial charge in [-0.05, 0) is 25.0 Å². The number of furan rings is 1. The topological polar surface area (TPSA) is 59.7 Å². The Labute approximate surface area is 101 Å².